The number of rotatable bonds is 8. The van der Waals surface area contributed by atoms with E-state index < -0.39 is 10.1 Å². The van der Waals surface area contributed by atoms with Gasteiger partial charge in [0, 0.05) is 11.5 Å². The lowest BCUT2D eigenvalue weighted by molar-refractivity contribution is 0.406. The molecule has 0 bridgehead atoms. The van der Waals surface area contributed by atoms with Crippen LogP contribution in [0.5, 0.6) is 5.75 Å². The molecule has 0 spiro atoms. The molecule has 4 nitrogen and oxygen atoms in total. The second-order valence-corrected chi connectivity index (χ2v) is 8.28. The van der Waals surface area contributed by atoms with E-state index in [2.05, 4.69) is 0 Å². The summed E-state index contributed by atoms with van der Waals surface area (Å²) < 4.78 is 50.3. The van der Waals surface area contributed by atoms with Crippen molar-refractivity contribution in [3.63, 3.8) is 0 Å². The maximum absolute atomic E-state index is 13.4. The van der Waals surface area contributed by atoms with Crippen LogP contribution in [-0.4, -0.2) is 20.1 Å². The molecule has 0 radical (unpaired) electrons. The molecule has 0 amide bonds. The lowest BCUT2D eigenvalue weighted by atomic mass is 9.86. The molecule has 1 N–H and O–H groups in total. The number of aryl methyl sites for hydroxylation is 1. The van der Waals surface area contributed by atoms with E-state index in [1.54, 1.807) is 31.4 Å². The highest BCUT2D eigenvalue weighted by atomic mass is 32.2. The number of para-hydroxylation sites is 1. The fourth-order valence-electron chi connectivity index (χ4n) is 3.49. The zero-order chi connectivity index (χ0) is 20.9. The van der Waals surface area contributed by atoms with Gasteiger partial charge >= 0.3 is 0 Å². The first kappa shape index (κ1) is 21.0. The Hall–Kier alpha value is -2.70. The Kier molecular flexibility index (Phi) is 6.67. The summed E-state index contributed by atoms with van der Waals surface area (Å²) in [6.45, 7) is 0. The third-order valence-electron chi connectivity index (χ3n) is 4.97. The van der Waals surface area contributed by atoms with Gasteiger partial charge in [-0.25, -0.2) is 4.39 Å². The average molecular weight is 414 g/mol. The summed E-state index contributed by atoms with van der Waals surface area (Å²) in [6, 6.07) is 20.6. The van der Waals surface area contributed by atoms with Crippen molar-refractivity contribution < 1.29 is 22.1 Å². The van der Waals surface area contributed by atoms with E-state index in [0.29, 0.717) is 0 Å². The van der Waals surface area contributed by atoms with Gasteiger partial charge in [-0.15, -0.1) is 0 Å². The van der Waals surface area contributed by atoms with Crippen molar-refractivity contribution in [3.8, 4) is 5.75 Å². The smallest absolute Gasteiger partial charge is 0.294 e. The van der Waals surface area contributed by atoms with Crippen LogP contribution in [0, 0.1) is 5.82 Å². The molecular weight excluding hydrogens is 391 g/mol. The maximum atomic E-state index is 13.4. The Bertz CT molecular complexity index is 1040. The number of hydrogen-bond acceptors (Lipinski definition) is 3. The minimum Gasteiger partial charge on any atom is -0.496 e. The van der Waals surface area contributed by atoms with Crippen LogP contribution in [0.3, 0.4) is 0 Å². The average Bonchev–Trinajstić information content (AvgIpc) is 2.72. The molecular formula is C23H23FO4S. The normalized spacial score (nSPS) is 12.5. The number of methoxy groups -OCH3 is 1. The first-order valence-electron chi connectivity index (χ1n) is 9.33. The van der Waals surface area contributed by atoms with Crippen molar-refractivity contribution >= 4 is 10.1 Å². The number of ether oxygens (including phenoxy) is 1. The molecule has 3 aromatic rings. The number of hydrogen-bond donors (Lipinski definition) is 1. The largest absolute Gasteiger partial charge is 0.496 e. The standard InChI is InChI=1S/C23H23FO4S/c1-28-23-8-3-2-6-22(23)21(18-11-13-19(24)14-12-18)7-4-5-17-9-15-20(16-10-17)29(25,26)27/h2-3,6,8-16,21H,4-5,7H2,1H3,(H,25,26,27). The Labute approximate surface area is 170 Å². The van der Waals surface area contributed by atoms with Crippen molar-refractivity contribution in [1.82, 2.24) is 0 Å². The molecule has 0 fully saturated rings. The van der Waals surface area contributed by atoms with Gasteiger partial charge < -0.3 is 4.74 Å². The highest BCUT2D eigenvalue weighted by Gasteiger charge is 2.18. The molecule has 0 aromatic heterocycles. The van der Waals surface area contributed by atoms with E-state index in [9.17, 15) is 12.8 Å². The first-order valence-corrected chi connectivity index (χ1v) is 10.8. The van der Waals surface area contributed by atoms with E-state index in [-0.39, 0.29) is 16.6 Å². The highest BCUT2D eigenvalue weighted by molar-refractivity contribution is 7.85. The van der Waals surface area contributed by atoms with Crippen molar-refractivity contribution in [3.05, 3.63) is 95.3 Å². The molecule has 0 saturated carbocycles. The van der Waals surface area contributed by atoms with Gasteiger partial charge in [0.1, 0.15) is 11.6 Å². The molecule has 152 valence electrons. The van der Waals surface area contributed by atoms with Gasteiger partial charge in [0.25, 0.3) is 10.1 Å². The molecule has 1 atom stereocenters. The number of benzene rings is 3. The van der Waals surface area contributed by atoms with Gasteiger partial charge in [-0.3, -0.25) is 4.55 Å². The monoisotopic (exact) mass is 414 g/mol. The summed E-state index contributed by atoms with van der Waals surface area (Å²) in [4.78, 5) is -0.112. The van der Waals surface area contributed by atoms with Crippen molar-refractivity contribution in [2.45, 2.75) is 30.1 Å². The lowest BCUT2D eigenvalue weighted by Gasteiger charge is -2.20. The molecule has 0 heterocycles. The van der Waals surface area contributed by atoms with Gasteiger partial charge in [-0.1, -0.05) is 42.5 Å². The Morgan fingerprint density at radius 2 is 1.62 bits per heavy atom. The van der Waals surface area contributed by atoms with Crippen LogP contribution in [0.4, 0.5) is 4.39 Å². The second kappa shape index (κ2) is 9.20. The topological polar surface area (TPSA) is 63.6 Å². The van der Waals surface area contributed by atoms with Crippen LogP contribution in [0.25, 0.3) is 0 Å². The molecule has 0 aliphatic rings. The van der Waals surface area contributed by atoms with Crippen LogP contribution in [0.1, 0.15) is 35.4 Å². The van der Waals surface area contributed by atoms with Gasteiger partial charge in [0.2, 0.25) is 0 Å². The van der Waals surface area contributed by atoms with E-state index in [0.717, 1.165) is 41.7 Å². The van der Waals surface area contributed by atoms with E-state index in [4.69, 9.17) is 9.29 Å². The quantitative estimate of drug-likeness (QED) is 0.512. The minimum absolute atomic E-state index is 0.0452. The lowest BCUT2D eigenvalue weighted by Crippen LogP contribution is -2.05. The van der Waals surface area contributed by atoms with Crippen LogP contribution >= 0.6 is 0 Å². The Morgan fingerprint density at radius 3 is 2.24 bits per heavy atom. The predicted molar refractivity (Wildman–Crippen MR) is 110 cm³/mol. The van der Waals surface area contributed by atoms with Crippen molar-refractivity contribution in [2.75, 3.05) is 7.11 Å². The number of halogens is 1. The summed E-state index contributed by atoms with van der Waals surface area (Å²) in [5.74, 6) is 0.564. The van der Waals surface area contributed by atoms with E-state index in [1.807, 2.05) is 24.3 Å². The fourth-order valence-corrected chi connectivity index (χ4v) is 3.97. The third kappa shape index (κ3) is 5.43. The second-order valence-electron chi connectivity index (χ2n) is 6.86. The molecule has 0 saturated heterocycles. The first-order chi connectivity index (χ1) is 13.9. The summed E-state index contributed by atoms with van der Waals surface area (Å²) in [5, 5.41) is 0. The minimum atomic E-state index is -4.18. The van der Waals surface area contributed by atoms with Gasteiger partial charge in [-0.05, 0) is 60.7 Å². The molecule has 0 aliphatic carbocycles. The summed E-state index contributed by atoms with van der Waals surface area (Å²) in [6.07, 6.45) is 2.40. The van der Waals surface area contributed by atoms with Crippen molar-refractivity contribution in [1.29, 1.82) is 0 Å². The molecule has 1 unspecified atom stereocenters. The van der Waals surface area contributed by atoms with E-state index >= 15 is 0 Å². The van der Waals surface area contributed by atoms with E-state index in [1.165, 1.54) is 24.3 Å². The maximum Gasteiger partial charge on any atom is 0.294 e. The molecule has 3 rings (SSSR count). The van der Waals surface area contributed by atoms with Crippen LogP contribution in [-0.2, 0) is 16.5 Å². The van der Waals surface area contributed by atoms with Gasteiger partial charge in [-0.2, -0.15) is 8.42 Å². The van der Waals surface area contributed by atoms with Crippen LogP contribution in [0.2, 0.25) is 0 Å². The highest BCUT2D eigenvalue weighted by Crippen LogP contribution is 2.35. The fraction of sp³-hybridized carbons (Fsp3) is 0.217. The van der Waals surface area contributed by atoms with Crippen LogP contribution in [0.15, 0.2) is 77.7 Å². The summed E-state index contributed by atoms with van der Waals surface area (Å²) in [5.41, 5.74) is 3.04. The van der Waals surface area contributed by atoms with Crippen molar-refractivity contribution in [2.24, 2.45) is 0 Å². The zero-order valence-corrected chi connectivity index (χ0v) is 16.9. The predicted octanol–water partition coefficient (Wildman–Crippen LogP) is 5.24. The summed E-state index contributed by atoms with van der Waals surface area (Å²) >= 11 is 0. The molecule has 0 aliphatic heterocycles. The van der Waals surface area contributed by atoms with Gasteiger partial charge in [0.05, 0.1) is 12.0 Å². The van der Waals surface area contributed by atoms with Crippen LogP contribution < -0.4 is 4.74 Å². The Morgan fingerprint density at radius 1 is 0.966 bits per heavy atom. The summed E-state index contributed by atoms with van der Waals surface area (Å²) in [7, 11) is -2.55. The van der Waals surface area contributed by atoms with Gasteiger partial charge in [0.15, 0.2) is 0 Å². The molecule has 29 heavy (non-hydrogen) atoms. The Balaban J connectivity index is 1.78. The third-order valence-corrected chi connectivity index (χ3v) is 5.83. The zero-order valence-electron chi connectivity index (χ0n) is 16.1. The molecule has 3 aromatic carbocycles. The SMILES string of the molecule is COc1ccccc1C(CCCc1ccc(S(=O)(=O)O)cc1)c1ccc(F)cc1. The molecule has 6 heteroatoms.